The molecular weight excluding hydrogens is 258 g/mol. The number of nitrogens with one attached hydrogen (secondary N) is 1. The number of piperidine rings is 1. The molecule has 19 heavy (non-hydrogen) atoms. The molecule has 5 heteroatoms. The third kappa shape index (κ3) is 3.55. The highest BCUT2D eigenvalue weighted by Crippen LogP contribution is 2.23. The summed E-state index contributed by atoms with van der Waals surface area (Å²) in [4.78, 5) is 15.5. The lowest BCUT2D eigenvalue weighted by molar-refractivity contribution is -0.126. The van der Waals surface area contributed by atoms with Gasteiger partial charge in [-0.05, 0) is 37.3 Å². The van der Waals surface area contributed by atoms with Gasteiger partial charge in [0.05, 0.1) is 0 Å². The Bertz CT molecular complexity index is 397. The van der Waals surface area contributed by atoms with Crippen molar-refractivity contribution in [2.75, 3.05) is 19.6 Å². The smallest absolute Gasteiger partial charge is 0.237 e. The molecule has 4 nitrogen and oxygen atoms in total. The van der Waals surface area contributed by atoms with Crippen molar-refractivity contribution in [2.45, 2.75) is 38.3 Å². The number of nitrogens with zero attached hydrogens (tertiary/aromatic N) is 1. The summed E-state index contributed by atoms with van der Waals surface area (Å²) in [5.74, 6) is -0.208. The molecule has 0 unspecified atom stereocenters. The summed E-state index contributed by atoms with van der Waals surface area (Å²) in [5.41, 5.74) is 5.12. The monoisotopic (exact) mass is 281 g/mol. The molecule has 0 aromatic carbocycles. The van der Waals surface area contributed by atoms with Crippen molar-refractivity contribution in [3.05, 3.63) is 22.4 Å². The van der Waals surface area contributed by atoms with Gasteiger partial charge in [-0.3, -0.25) is 10.1 Å². The molecule has 0 atom stereocenters. The Morgan fingerprint density at radius 1 is 1.53 bits per heavy atom. The number of amides is 1. The number of hydrogen-bond acceptors (Lipinski definition) is 4. The first-order valence-corrected chi connectivity index (χ1v) is 7.84. The van der Waals surface area contributed by atoms with Gasteiger partial charge in [-0.15, -0.1) is 11.3 Å². The van der Waals surface area contributed by atoms with Crippen molar-refractivity contribution in [3.63, 3.8) is 0 Å². The van der Waals surface area contributed by atoms with E-state index in [0.29, 0.717) is 0 Å². The predicted molar refractivity (Wildman–Crippen MR) is 79.0 cm³/mol. The van der Waals surface area contributed by atoms with Gasteiger partial charge in [-0.1, -0.05) is 13.0 Å². The van der Waals surface area contributed by atoms with E-state index in [4.69, 9.17) is 5.73 Å². The van der Waals surface area contributed by atoms with E-state index in [2.05, 4.69) is 28.6 Å². The fraction of sp³-hybridized carbons (Fsp3) is 0.643. The molecule has 0 bridgehead atoms. The first-order valence-electron chi connectivity index (χ1n) is 6.96. The molecule has 3 N–H and O–H groups in total. The summed E-state index contributed by atoms with van der Waals surface area (Å²) >= 11 is 1.71. The maximum Gasteiger partial charge on any atom is 0.237 e. The molecule has 1 aromatic rings. The number of primary amides is 1. The van der Waals surface area contributed by atoms with Gasteiger partial charge >= 0.3 is 0 Å². The van der Waals surface area contributed by atoms with E-state index in [9.17, 15) is 4.79 Å². The molecule has 106 valence electrons. The summed E-state index contributed by atoms with van der Waals surface area (Å²) in [7, 11) is 0. The number of hydrogen-bond donors (Lipinski definition) is 2. The minimum atomic E-state index is -0.520. The van der Waals surface area contributed by atoms with E-state index in [1.165, 1.54) is 4.88 Å². The maximum atomic E-state index is 11.8. The zero-order chi connectivity index (χ0) is 13.7. The Morgan fingerprint density at radius 2 is 2.26 bits per heavy atom. The van der Waals surface area contributed by atoms with Crippen LogP contribution < -0.4 is 11.1 Å². The molecule has 1 aromatic heterocycles. The Hall–Kier alpha value is -0.910. The summed E-state index contributed by atoms with van der Waals surface area (Å²) in [6.07, 6.45) is 2.79. The van der Waals surface area contributed by atoms with E-state index in [1.54, 1.807) is 11.3 Å². The normalized spacial score (nSPS) is 19.4. The van der Waals surface area contributed by atoms with Crippen molar-refractivity contribution in [1.82, 2.24) is 10.2 Å². The van der Waals surface area contributed by atoms with Crippen LogP contribution >= 0.6 is 11.3 Å². The quantitative estimate of drug-likeness (QED) is 0.832. The largest absolute Gasteiger partial charge is 0.368 e. The molecule has 0 spiro atoms. The number of rotatable bonds is 6. The molecule has 1 fully saturated rings. The average molecular weight is 281 g/mol. The highest BCUT2D eigenvalue weighted by atomic mass is 32.1. The fourth-order valence-electron chi connectivity index (χ4n) is 2.65. The summed E-state index contributed by atoms with van der Waals surface area (Å²) in [6.45, 7) is 5.93. The summed E-state index contributed by atoms with van der Waals surface area (Å²) < 4.78 is 0. The van der Waals surface area contributed by atoms with Gasteiger partial charge in [0.25, 0.3) is 0 Å². The number of carbonyl (C=O) groups is 1. The number of carbonyl (C=O) groups excluding carboxylic acids is 1. The Labute approximate surface area is 119 Å². The molecule has 1 aliphatic heterocycles. The fourth-order valence-corrected chi connectivity index (χ4v) is 3.30. The standard InChI is InChI=1S/C14H23N3OS/c1-2-7-17-8-5-14(6-9-17,13(15)18)16-11-12-4-3-10-19-12/h3-4,10,16H,2,5-9,11H2,1H3,(H2,15,18). The lowest BCUT2D eigenvalue weighted by atomic mass is 9.86. The highest BCUT2D eigenvalue weighted by molar-refractivity contribution is 7.09. The Balaban J connectivity index is 1.94. The van der Waals surface area contributed by atoms with E-state index in [0.717, 1.165) is 45.4 Å². The van der Waals surface area contributed by atoms with Gasteiger partial charge in [-0.25, -0.2) is 0 Å². The van der Waals surface area contributed by atoms with Crippen LogP contribution in [0.25, 0.3) is 0 Å². The Kier molecular flexibility index (Phi) is 4.96. The van der Waals surface area contributed by atoms with Gasteiger partial charge < -0.3 is 10.6 Å². The lowest BCUT2D eigenvalue weighted by Crippen LogP contribution is -2.60. The maximum absolute atomic E-state index is 11.8. The van der Waals surface area contributed by atoms with Crippen molar-refractivity contribution in [1.29, 1.82) is 0 Å². The van der Waals surface area contributed by atoms with Gasteiger partial charge in [0.15, 0.2) is 0 Å². The first kappa shape index (κ1) is 14.5. The topological polar surface area (TPSA) is 58.4 Å². The second kappa shape index (κ2) is 6.50. The predicted octanol–water partition coefficient (Wildman–Crippen LogP) is 1.57. The van der Waals surface area contributed by atoms with Crippen LogP contribution in [0.15, 0.2) is 17.5 Å². The molecule has 0 saturated carbocycles. The second-order valence-electron chi connectivity index (χ2n) is 5.22. The number of likely N-dealkylation sites (tertiary alicyclic amines) is 1. The average Bonchev–Trinajstić information content (AvgIpc) is 2.91. The van der Waals surface area contributed by atoms with E-state index in [-0.39, 0.29) is 5.91 Å². The minimum Gasteiger partial charge on any atom is -0.368 e. The molecule has 1 amide bonds. The molecule has 1 aliphatic rings. The minimum absolute atomic E-state index is 0.208. The van der Waals surface area contributed by atoms with Crippen molar-refractivity contribution in [3.8, 4) is 0 Å². The van der Waals surface area contributed by atoms with Crippen molar-refractivity contribution >= 4 is 17.2 Å². The molecule has 0 radical (unpaired) electrons. The number of nitrogens with two attached hydrogens (primary N) is 1. The van der Waals surface area contributed by atoms with Crippen LogP contribution in [0, 0.1) is 0 Å². The van der Waals surface area contributed by atoms with Crippen molar-refractivity contribution in [2.24, 2.45) is 5.73 Å². The Morgan fingerprint density at radius 3 is 2.79 bits per heavy atom. The van der Waals surface area contributed by atoms with Gasteiger partial charge in [0, 0.05) is 24.5 Å². The third-order valence-corrected chi connectivity index (χ3v) is 4.78. The van der Waals surface area contributed by atoms with Crippen LogP contribution in [0.1, 0.15) is 31.1 Å². The van der Waals surface area contributed by atoms with Crippen molar-refractivity contribution < 1.29 is 4.79 Å². The molecule has 2 heterocycles. The van der Waals surface area contributed by atoms with E-state index in [1.807, 2.05) is 6.07 Å². The van der Waals surface area contributed by atoms with Crippen LogP contribution in [0.3, 0.4) is 0 Å². The molecule has 2 rings (SSSR count). The summed E-state index contributed by atoms with van der Waals surface area (Å²) in [5, 5.41) is 5.46. The van der Waals surface area contributed by atoms with Gasteiger partial charge in [0.2, 0.25) is 5.91 Å². The zero-order valence-electron chi connectivity index (χ0n) is 11.5. The SMILES string of the molecule is CCCN1CCC(NCc2cccs2)(C(N)=O)CC1. The van der Waals surface area contributed by atoms with E-state index < -0.39 is 5.54 Å². The molecular formula is C14H23N3OS. The van der Waals surface area contributed by atoms with Gasteiger partial charge in [-0.2, -0.15) is 0 Å². The zero-order valence-corrected chi connectivity index (χ0v) is 12.3. The second-order valence-corrected chi connectivity index (χ2v) is 6.25. The molecule has 1 saturated heterocycles. The molecule has 0 aliphatic carbocycles. The highest BCUT2D eigenvalue weighted by Gasteiger charge is 2.39. The number of thiophene rings is 1. The summed E-state index contributed by atoms with van der Waals surface area (Å²) in [6, 6.07) is 4.11. The lowest BCUT2D eigenvalue weighted by Gasteiger charge is -2.40. The van der Waals surface area contributed by atoms with Crippen LogP contribution in [0.2, 0.25) is 0 Å². The van der Waals surface area contributed by atoms with Crippen LogP contribution in [0.4, 0.5) is 0 Å². The van der Waals surface area contributed by atoms with Crippen LogP contribution in [-0.2, 0) is 11.3 Å². The first-order chi connectivity index (χ1) is 9.16. The van der Waals surface area contributed by atoms with Crippen LogP contribution in [-0.4, -0.2) is 36.0 Å². The third-order valence-electron chi connectivity index (χ3n) is 3.90. The van der Waals surface area contributed by atoms with Crippen LogP contribution in [0.5, 0.6) is 0 Å². The van der Waals surface area contributed by atoms with Gasteiger partial charge in [0.1, 0.15) is 5.54 Å². The van der Waals surface area contributed by atoms with E-state index >= 15 is 0 Å².